The van der Waals surface area contributed by atoms with Crippen molar-refractivity contribution < 1.29 is 0 Å². The third-order valence-electron chi connectivity index (χ3n) is 1.17. The molecule has 68 valence electrons. The van der Waals surface area contributed by atoms with E-state index in [0.717, 1.165) is 0 Å². The molecule has 0 aliphatic carbocycles. The molecule has 0 saturated carbocycles. The fraction of sp³-hybridized carbons (Fsp3) is 0.429. The van der Waals surface area contributed by atoms with E-state index < -0.39 is 0 Å². The molecule has 0 atom stereocenters. The Bertz CT molecular complexity index is 202. The second-order valence-corrected chi connectivity index (χ2v) is 2.23. The van der Waals surface area contributed by atoms with Crippen LogP contribution in [-0.4, -0.2) is 37.5 Å². The van der Waals surface area contributed by atoms with Crippen LogP contribution < -0.4 is 11.5 Å². The smallest absolute Gasteiger partial charge is 0.223 e. The lowest BCUT2D eigenvalue weighted by atomic mass is 10.5. The van der Waals surface area contributed by atoms with Crippen LogP contribution >= 0.6 is 0 Å². The van der Waals surface area contributed by atoms with Crippen LogP contribution in [0.25, 0.3) is 0 Å². The fourth-order valence-corrected chi connectivity index (χ4v) is 0.697. The van der Waals surface area contributed by atoms with Crippen molar-refractivity contribution in [3.8, 4) is 0 Å². The Morgan fingerprint density at radius 1 is 1.58 bits per heavy atom. The van der Waals surface area contributed by atoms with Crippen LogP contribution in [0.3, 0.4) is 0 Å². The Kier molecular flexibility index (Phi) is 4.52. The summed E-state index contributed by atoms with van der Waals surface area (Å²) in [7, 11) is 3.46. The molecule has 4 N–H and O–H groups in total. The maximum absolute atomic E-state index is 5.20. The van der Waals surface area contributed by atoms with Gasteiger partial charge in [0, 0.05) is 20.6 Å². The lowest BCUT2D eigenvalue weighted by Crippen LogP contribution is -2.31. The average molecular weight is 169 g/mol. The van der Waals surface area contributed by atoms with Gasteiger partial charge in [-0.3, -0.25) is 4.99 Å². The van der Waals surface area contributed by atoms with Gasteiger partial charge in [0.05, 0.1) is 0 Å². The van der Waals surface area contributed by atoms with Gasteiger partial charge in [-0.05, 0) is 0 Å². The van der Waals surface area contributed by atoms with Crippen molar-refractivity contribution in [2.24, 2.45) is 21.5 Å². The number of aliphatic imine (C=N–C) groups is 2. The van der Waals surface area contributed by atoms with Gasteiger partial charge >= 0.3 is 0 Å². The molecular formula is C7H15N5. The quantitative estimate of drug-likeness (QED) is 0.328. The molecule has 0 rings (SSSR count). The molecule has 0 radical (unpaired) electrons. The molecule has 0 aliphatic heterocycles. The van der Waals surface area contributed by atoms with Crippen LogP contribution in [0.4, 0.5) is 0 Å². The van der Waals surface area contributed by atoms with Gasteiger partial charge in [-0.25, -0.2) is 0 Å². The van der Waals surface area contributed by atoms with Gasteiger partial charge < -0.3 is 16.4 Å². The molecule has 0 fully saturated rings. The minimum Gasteiger partial charge on any atom is -0.370 e. The maximum atomic E-state index is 5.20. The highest BCUT2D eigenvalue weighted by atomic mass is 15.3. The minimum atomic E-state index is 0.00603. The predicted molar refractivity (Wildman–Crippen MR) is 52.0 cm³/mol. The highest BCUT2D eigenvalue weighted by Crippen LogP contribution is 1.88. The van der Waals surface area contributed by atoms with Crippen molar-refractivity contribution in [3.05, 3.63) is 12.7 Å². The number of rotatable bonds is 2. The van der Waals surface area contributed by atoms with E-state index in [4.69, 9.17) is 11.5 Å². The first kappa shape index (κ1) is 10.5. The first-order valence-corrected chi connectivity index (χ1v) is 3.50. The zero-order chi connectivity index (χ0) is 9.56. The third-order valence-corrected chi connectivity index (χ3v) is 1.17. The van der Waals surface area contributed by atoms with Crippen molar-refractivity contribution in [1.29, 1.82) is 0 Å². The molecule has 0 saturated heterocycles. The van der Waals surface area contributed by atoms with E-state index >= 15 is 0 Å². The first-order chi connectivity index (χ1) is 5.61. The van der Waals surface area contributed by atoms with Crippen LogP contribution in [0.5, 0.6) is 0 Å². The summed E-state index contributed by atoms with van der Waals surface area (Å²) in [5, 5.41) is 0. The summed E-state index contributed by atoms with van der Waals surface area (Å²) in [6.45, 7) is 4.25. The van der Waals surface area contributed by atoms with Gasteiger partial charge in [-0.1, -0.05) is 6.08 Å². The van der Waals surface area contributed by atoms with Gasteiger partial charge in [0.25, 0.3) is 0 Å². The summed E-state index contributed by atoms with van der Waals surface area (Å²) in [4.78, 5) is 9.49. The molecule has 0 heterocycles. The van der Waals surface area contributed by atoms with Gasteiger partial charge in [0.15, 0.2) is 5.96 Å². The molecule has 0 bridgehead atoms. The van der Waals surface area contributed by atoms with Gasteiger partial charge in [-0.2, -0.15) is 4.99 Å². The van der Waals surface area contributed by atoms with Crippen molar-refractivity contribution in [1.82, 2.24) is 4.90 Å². The van der Waals surface area contributed by atoms with E-state index in [0.29, 0.717) is 12.5 Å². The van der Waals surface area contributed by atoms with Crippen molar-refractivity contribution in [2.45, 2.75) is 0 Å². The number of nitrogens with zero attached hydrogens (tertiary/aromatic N) is 3. The Labute approximate surface area is 72.5 Å². The first-order valence-electron chi connectivity index (χ1n) is 3.50. The summed E-state index contributed by atoms with van der Waals surface area (Å²) < 4.78 is 0. The molecular weight excluding hydrogens is 154 g/mol. The van der Waals surface area contributed by atoms with Crippen molar-refractivity contribution in [3.63, 3.8) is 0 Å². The average Bonchev–Trinajstić information content (AvgIpc) is 2.00. The van der Waals surface area contributed by atoms with Crippen LogP contribution in [-0.2, 0) is 0 Å². The number of hydrogen-bond donors (Lipinski definition) is 2. The summed E-state index contributed by atoms with van der Waals surface area (Å²) in [6, 6.07) is 0. The Hall–Kier alpha value is -1.52. The fourth-order valence-electron chi connectivity index (χ4n) is 0.697. The van der Waals surface area contributed by atoms with E-state index in [9.17, 15) is 0 Å². The SMILES string of the molecule is C=CCN(C)C(N=C(N)N)=NC. The Morgan fingerprint density at radius 3 is 2.50 bits per heavy atom. The minimum absolute atomic E-state index is 0.00603. The van der Waals surface area contributed by atoms with Crippen LogP contribution in [0.2, 0.25) is 0 Å². The molecule has 0 unspecified atom stereocenters. The van der Waals surface area contributed by atoms with Crippen LogP contribution in [0.15, 0.2) is 22.6 Å². The van der Waals surface area contributed by atoms with Crippen molar-refractivity contribution >= 4 is 11.9 Å². The largest absolute Gasteiger partial charge is 0.370 e. The molecule has 5 nitrogen and oxygen atoms in total. The topological polar surface area (TPSA) is 80.0 Å². The van der Waals surface area contributed by atoms with E-state index in [2.05, 4.69) is 16.6 Å². The second-order valence-electron chi connectivity index (χ2n) is 2.23. The molecule has 0 aromatic heterocycles. The van der Waals surface area contributed by atoms with Crippen LogP contribution in [0.1, 0.15) is 0 Å². The van der Waals surface area contributed by atoms with Gasteiger partial charge in [-0.15, -0.1) is 6.58 Å². The van der Waals surface area contributed by atoms with E-state index in [1.165, 1.54) is 0 Å². The number of nitrogens with two attached hydrogens (primary N) is 2. The molecule has 12 heavy (non-hydrogen) atoms. The van der Waals surface area contributed by atoms with Gasteiger partial charge in [0.1, 0.15) is 0 Å². The number of likely N-dealkylation sites (N-methyl/N-ethyl adjacent to an activating group) is 1. The zero-order valence-corrected chi connectivity index (χ0v) is 7.49. The van der Waals surface area contributed by atoms with E-state index in [1.807, 2.05) is 7.05 Å². The van der Waals surface area contributed by atoms with Crippen molar-refractivity contribution in [2.75, 3.05) is 20.6 Å². The van der Waals surface area contributed by atoms with E-state index in [-0.39, 0.29) is 5.96 Å². The van der Waals surface area contributed by atoms with Gasteiger partial charge in [0.2, 0.25) is 5.96 Å². The lowest BCUT2D eigenvalue weighted by molar-refractivity contribution is 0.556. The lowest BCUT2D eigenvalue weighted by Gasteiger charge is -2.14. The molecule has 0 aromatic rings. The molecule has 5 heteroatoms. The Balaban J connectivity index is 4.36. The summed E-state index contributed by atoms with van der Waals surface area (Å²) in [5.74, 6) is 0.501. The predicted octanol–water partition coefficient (Wildman–Crippen LogP) is -0.637. The normalized spacial score (nSPS) is 10.7. The number of guanidine groups is 2. The highest BCUT2D eigenvalue weighted by Gasteiger charge is 2.00. The Morgan fingerprint density at radius 2 is 2.17 bits per heavy atom. The molecule has 0 spiro atoms. The highest BCUT2D eigenvalue weighted by molar-refractivity contribution is 5.93. The third kappa shape index (κ3) is 3.60. The molecule has 0 amide bonds. The van der Waals surface area contributed by atoms with E-state index in [1.54, 1.807) is 18.0 Å². The molecule has 0 aromatic carbocycles. The van der Waals surface area contributed by atoms with Crippen LogP contribution in [0, 0.1) is 0 Å². The number of hydrogen-bond acceptors (Lipinski definition) is 1. The monoisotopic (exact) mass is 169 g/mol. The molecule has 0 aliphatic rings. The summed E-state index contributed by atoms with van der Waals surface area (Å²) in [6.07, 6.45) is 1.74. The summed E-state index contributed by atoms with van der Waals surface area (Å²) >= 11 is 0. The second kappa shape index (κ2) is 5.17. The maximum Gasteiger partial charge on any atom is 0.223 e. The zero-order valence-electron chi connectivity index (χ0n) is 7.49. The standard InChI is InChI=1S/C7H15N5/c1-4-5-12(3)7(10-2)11-6(8)9/h4H,1,5H2,2-3H3,(H4,8,9,10,11). The summed E-state index contributed by atoms with van der Waals surface area (Å²) in [5.41, 5.74) is 10.4.